The molecule has 0 heterocycles. The van der Waals surface area contributed by atoms with Crippen LogP contribution in [0.25, 0.3) is 0 Å². The molecule has 1 aliphatic rings. The second kappa shape index (κ2) is 8.37. The van der Waals surface area contributed by atoms with Crippen molar-refractivity contribution in [2.75, 3.05) is 0 Å². The molecule has 0 saturated heterocycles. The maximum atomic E-state index is 9.17. The van der Waals surface area contributed by atoms with Crippen LogP contribution in [-0.2, 0) is 4.53 Å². The Bertz CT molecular complexity index is 328. The molecule has 1 aliphatic carbocycles. The first-order valence-electron chi connectivity index (χ1n) is 7.65. The van der Waals surface area contributed by atoms with Crippen LogP contribution in [0, 0.1) is 17.2 Å². The van der Waals surface area contributed by atoms with Gasteiger partial charge in [0.2, 0.25) is 0 Å². The van der Waals surface area contributed by atoms with Crippen LogP contribution in [0.2, 0.25) is 19.6 Å². The lowest BCUT2D eigenvalue weighted by atomic mass is 9.96. The van der Waals surface area contributed by atoms with Gasteiger partial charge in [0.15, 0.2) is 0 Å². The molecule has 3 nitrogen and oxygen atoms in total. The Morgan fingerprint density at radius 3 is 2.42 bits per heavy atom. The summed E-state index contributed by atoms with van der Waals surface area (Å²) in [6.45, 7) is 6.46. The molecule has 1 atom stereocenters. The van der Waals surface area contributed by atoms with E-state index in [2.05, 4.69) is 30.9 Å². The summed E-state index contributed by atoms with van der Waals surface area (Å²) >= 11 is 0. The summed E-state index contributed by atoms with van der Waals surface area (Å²) in [4.78, 5) is 0. The third-order valence-electron chi connectivity index (χ3n) is 3.43. The van der Waals surface area contributed by atoms with Crippen molar-refractivity contribution < 1.29 is 4.53 Å². The Labute approximate surface area is 119 Å². The maximum absolute atomic E-state index is 9.17. The fourth-order valence-electron chi connectivity index (χ4n) is 2.28. The highest BCUT2D eigenvalue weighted by molar-refractivity contribution is 6.69. The van der Waals surface area contributed by atoms with E-state index in [1.807, 2.05) is 0 Å². The molecule has 19 heavy (non-hydrogen) atoms. The monoisotopic (exact) mass is 280 g/mol. The number of nitriles is 1. The van der Waals surface area contributed by atoms with Crippen LogP contribution >= 0.6 is 0 Å². The molecule has 0 aromatic rings. The molecule has 0 spiro atoms. The summed E-state index contributed by atoms with van der Waals surface area (Å²) in [6, 6.07) is 2.45. The molecule has 0 amide bonds. The fraction of sp³-hybridized carbons (Fsp3) is 0.867. The average Bonchev–Trinajstić information content (AvgIpc) is 2.39. The van der Waals surface area contributed by atoms with Crippen molar-refractivity contribution in [2.45, 2.75) is 77.4 Å². The van der Waals surface area contributed by atoms with Gasteiger partial charge >= 0.3 is 0 Å². The van der Waals surface area contributed by atoms with E-state index in [9.17, 15) is 5.26 Å². The van der Waals surface area contributed by atoms with Gasteiger partial charge in [-0.1, -0.05) is 25.7 Å². The summed E-state index contributed by atoms with van der Waals surface area (Å²) in [6.07, 6.45) is 10.2. The average molecular weight is 280 g/mol. The fourth-order valence-corrected chi connectivity index (χ4v) is 2.69. The number of nitrogens with zero attached hydrogens (tertiary/aromatic N) is 2. The van der Waals surface area contributed by atoms with Gasteiger partial charge in [0.25, 0.3) is 8.32 Å². The van der Waals surface area contributed by atoms with Crippen molar-refractivity contribution in [3.8, 4) is 6.07 Å². The molecule has 0 radical (unpaired) electrons. The molecule has 0 N–H and O–H groups in total. The maximum Gasteiger partial charge on any atom is 0.278 e. The number of hydrogen-bond acceptors (Lipinski definition) is 3. The van der Waals surface area contributed by atoms with Gasteiger partial charge in [0.1, 0.15) is 0 Å². The van der Waals surface area contributed by atoms with Crippen LogP contribution in [0.4, 0.5) is 0 Å². The Balaban J connectivity index is 2.58. The van der Waals surface area contributed by atoms with Gasteiger partial charge in [-0.05, 0) is 51.7 Å². The van der Waals surface area contributed by atoms with E-state index in [4.69, 9.17) is 4.53 Å². The van der Waals surface area contributed by atoms with E-state index in [1.165, 1.54) is 37.8 Å². The molecule has 0 aromatic heterocycles. The summed E-state index contributed by atoms with van der Waals surface area (Å²) < 4.78 is 5.68. The first kappa shape index (κ1) is 16.2. The van der Waals surface area contributed by atoms with E-state index in [-0.39, 0.29) is 5.92 Å². The summed E-state index contributed by atoms with van der Waals surface area (Å²) in [7, 11) is -1.58. The molecule has 0 aliphatic heterocycles. The number of oxime groups is 1. The predicted octanol–water partition coefficient (Wildman–Crippen LogP) is 4.86. The van der Waals surface area contributed by atoms with E-state index in [0.717, 1.165) is 25.7 Å². The van der Waals surface area contributed by atoms with Crippen LogP contribution in [0.1, 0.15) is 57.8 Å². The standard InChI is InChI=1S/C15H28N2OSi/c1-19(2,3)18-17-15-10-8-6-4-5-7-9-14(13-16)11-12-15/h14H,4-12H2,1-3H3/b17-15+. The number of rotatable bonds is 2. The molecular formula is C15H28N2OSi. The van der Waals surface area contributed by atoms with E-state index in [1.54, 1.807) is 0 Å². The van der Waals surface area contributed by atoms with Crippen molar-refractivity contribution in [3.05, 3.63) is 0 Å². The third-order valence-corrected chi connectivity index (χ3v) is 4.07. The van der Waals surface area contributed by atoms with Crippen LogP contribution in [0.5, 0.6) is 0 Å². The Hall–Kier alpha value is -0.823. The molecule has 1 unspecified atom stereocenters. The molecular weight excluding hydrogens is 252 g/mol. The molecule has 0 bridgehead atoms. The van der Waals surface area contributed by atoms with Gasteiger partial charge in [0.05, 0.1) is 11.8 Å². The first-order chi connectivity index (χ1) is 9.01. The third kappa shape index (κ3) is 8.04. The minimum atomic E-state index is -1.58. The highest BCUT2D eigenvalue weighted by Crippen LogP contribution is 2.20. The van der Waals surface area contributed by atoms with Gasteiger partial charge in [-0.15, -0.1) is 5.16 Å². The SMILES string of the molecule is C[Si](C)(C)O/N=C1\CCCCCCCC(C#N)CC1. The van der Waals surface area contributed by atoms with E-state index in [0.29, 0.717) is 0 Å². The zero-order valence-electron chi connectivity index (χ0n) is 12.7. The lowest BCUT2D eigenvalue weighted by molar-refractivity contribution is 0.331. The predicted molar refractivity (Wildman–Crippen MR) is 82.5 cm³/mol. The molecule has 4 heteroatoms. The van der Waals surface area contributed by atoms with Crippen LogP contribution in [0.3, 0.4) is 0 Å². The van der Waals surface area contributed by atoms with Crippen molar-refractivity contribution in [3.63, 3.8) is 0 Å². The highest BCUT2D eigenvalue weighted by atomic mass is 28.4. The van der Waals surface area contributed by atoms with Gasteiger partial charge < -0.3 is 4.53 Å². The van der Waals surface area contributed by atoms with Gasteiger partial charge in [-0.25, -0.2) is 0 Å². The zero-order chi connectivity index (χ0) is 14.1. The normalized spacial score (nSPS) is 25.4. The molecule has 108 valence electrons. The van der Waals surface area contributed by atoms with Crippen LogP contribution in [0.15, 0.2) is 5.16 Å². The van der Waals surface area contributed by atoms with Crippen LogP contribution < -0.4 is 0 Å². The second-order valence-corrected chi connectivity index (χ2v) is 10.9. The second-order valence-electron chi connectivity index (χ2n) is 6.53. The summed E-state index contributed by atoms with van der Waals surface area (Å²) in [5, 5.41) is 13.6. The Morgan fingerprint density at radius 1 is 1.05 bits per heavy atom. The molecule has 1 rings (SSSR count). The van der Waals surface area contributed by atoms with Crippen molar-refractivity contribution >= 4 is 14.0 Å². The Kier molecular flexibility index (Phi) is 7.15. The van der Waals surface area contributed by atoms with Gasteiger partial charge in [-0.2, -0.15) is 5.26 Å². The zero-order valence-corrected chi connectivity index (χ0v) is 13.7. The van der Waals surface area contributed by atoms with Crippen LogP contribution in [-0.4, -0.2) is 14.0 Å². The lowest BCUT2D eigenvalue weighted by Gasteiger charge is -2.15. The van der Waals surface area contributed by atoms with E-state index < -0.39 is 8.32 Å². The first-order valence-corrected chi connectivity index (χ1v) is 11.1. The summed E-state index contributed by atoms with van der Waals surface area (Å²) in [5.74, 6) is 0.204. The summed E-state index contributed by atoms with van der Waals surface area (Å²) in [5.41, 5.74) is 1.17. The van der Waals surface area contributed by atoms with Crippen molar-refractivity contribution in [1.82, 2.24) is 0 Å². The molecule has 0 aromatic carbocycles. The minimum absolute atomic E-state index is 0.204. The Morgan fingerprint density at radius 2 is 1.74 bits per heavy atom. The minimum Gasteiger partial charge on any atom is -0.456 e. The van der Waals surface area contributed by atoms with Gasteiger partial charge in [-0.3, -0.25) is 0 Å². The van der Waals surface area contributed by atoms with Crippen molar-refractivity contribution in [2.24, 2.45) is 11.1 Å². The van der Waals surface area contributed by atoms with E-state index >= 15 is 0 Å². The van der Waals surface area contributed by atoms with Crippen molar-refractivity contribution in [1.29, 1.82) is 5.26 Å². The quantitative estimate of drug-likeness (QED) is 0.535. The largest absolute Gasteiger partial charge is 0.456 e. The van der Waals surface area contributed by atoms with Gasteiger partial charge in [0, 0.05) is 5.92 Å². The molecule has 1 saturated carbocycles. The highest BCUT2D eigenvalue weighted by Gasteiger charge is 2.17. The number of hydrogen-bond donors (Lipinski definition) is 0. The lowest BCUT2D eigenvalue weighted by Crippen LogP contribution is -2.23. The topological polar surface area (TPSA) is 45.4 Å². The smallest absolute Gasteiger partial charge is 0.278 e. The molecule has 1 fully saturated rings.